The van der Waals surface area contributed by atoms with E-state index in [2.05, 4.69) is 18.3 Å². The van der Waals surface area contributed by atoms with Crippen molar-refractivity contribution in [3.8, 4) is 0 Å². The number of thiophene rings is 1. The summed E-state index contributed by atoms with van der Waals surface area (Å²) in [6, 6.07) is 13.5. The first kappa shape index (κ1) is 20.5. The van der Waals surface area contributed by atoms with Crippen molar-refractivity contribution in [3.63, 3.8) is 0 Å². The second-order valence-electron chi connectivity index (χ2n) is 7.82. The standard InChI is InChI=1S/C25H26N2O2S/c1-3-18-14-13-17(2)27(15-18)16-22(28)26-25-23(20-11-7-8-12-21(20)30-25)24(29)19-9-5-4-6-10-19/h4-6,9-10,13-15H,3,7-8,11-12,16H2,1-2H3/p+1. The molecule has 30 heavy (non-hydrogen) atoms. The van der Waals surface area contributed by atoms with Crippen molar-refractivity contribution in [2.45, 2.75) is 52.5 Å². The zero-order valence-electron chi connectivity index (χ0n) is 17.5. The fourth-order valence-electron chi connectivity index (χ4n) is 4.00. The lowest BCUT2D eigenvalue weighted by molar-refractivity contribution is -0.690. The van der Waals surface area contributed by atoms with Gasteiger partial charge in [-0.3, -0.25) is 9.59 Å². The Kier molecular flexibility index (Phi) is 6.09. The summed E-state index contributed by atoms with van der Waals surface area (Å²) < 4.78 is 1.97. The molecule has 0 aliphatic heterocycles. The Hall–Kier alpha value is -2.79. The van der Waals surface area contributed by atoms with Gasteiger partial charge in [0.1, 0.15) is 5.00 Å². The van der Waals surface area contributed by atoms with Gasteiger partial charge in [-0.15, -0.1) is 11.3 Å². The van der Waals surface area contributed by atoms with E-state index in [4.69, 9.17) is 0 Å². The molecule has 1 aliphatic carbocycles. The molecule has 1 aliphatic rings. The van der Waals surface area contributed by atoms with E-state index in [1.165, 1.54) is 10.4 Å². The van der Waals surface area contributed by atoms with Crippen LogP contribution in [0.3, 0.4) is 0 Å². The van der Waals surface area contributed by atoms with Crippen molar-refractivity contribution in [2.24, 2.45) is 0 Å². The first-order valence-electron chi connectivity index (χ1n) is 10.6. The van der Waals surface area contributed by atoms with Crippen LogP contribution in [0.25, 0.3) is 0 Å². The van der Waals surface area contributed by atoms with Crippen LogP contribution < -0.4 is 9.88 Å². The van der Waals surface area contributed by atoms with E-state index in [0.717, 1.165) is 43.4 Å². The maximum absolute atomic E-state index is 13.3. The smallest absolute Gasteiger partial charge is 0.290 e. The molecule has 0 bridgehead atoms. The maximum Gasteiger partial charge on any atom is 0.290 e. The molecule has 0 saturated heterocycles. The molecule has 0 spiro atoms. The third kappa shape index (κ3) is 4.21. The van der Waals surface area contributed by atoms with E-state index >= 15 is 0 Å². The van der Waals surface area contributed by atoms with Crippen molar-refractivity contribution in [1.82, 2.24) is 0 Å². The second kappa shape index (κ2) is 8.92. The van der Waals surface area contributed by atoms with E-state index < -0.39 is 0 Å². The molecule has 0 fully saturated rings. The number of aryl methyl sites for hydroxylation is 3. The average Bonchev–Trinajstić information content (AvgIpc) is 3.13. The fraction of sp³-hybridized carbons (Fsp3) is 0.320. The van der Waals surface area contributed by atoms with Crippen LogP contribution in [0.4, 0.5) is 5.00 Å². The molecule has 1 aromatic carbocycles. The second-order valence-corrected chi connectivity index (χ2v) is 8.92. The van der Waals surface area contributed by atoms with Crippen LogP contribution in [-0.4, -0.2) is 11.7 Å². The highest BCUT2D eigenvalue weighted by Gasteiger charge is 2.27. The van der Waals surface area contributed by atoms with Crippen LogP contribution in [-0.2, 0) is 30.6 Å². The maximum atomic E-state index is 13.3. The molecule has 1 N–H and O–H groups in total. The zero-order chi connectivity index (χ0) is 21.1. The SMILES string of the molecule is CCc1ccc(C)[n+](CC(=O)Nc2sc3c(c2C(=O)c2ccccc2)CCCC3)c1. The number of rotatable bonds is 6. The predicted molar refractivity (Wildman–Crippen MR) is 120 cm³/mol. The molecule has 0 unspecified atom stereocenters. The summed E-state index contributed by atoms with van der Waals surface area (Å²) in [6.07, 6.45) is 7.07. The van der Waals surface area contributed by atoms with Crippen LogP contribution in [0.15, 0.2) is 48.7 Å². The van der Waals surface area contributed by atoms with E-state index in [9.17, 15) is 9.59 Å². The van der Waals surface area contributed by atoms with Crippen LogP contribution in [0.1, 0.15) is 57.4 Å². The number of carbonyl (C=O) groups is 2. The van der Waals surface area contributed by atoms with E-state index in [1.54, 1.807) is 11.3 Å². The van der Waals surface area contributed by atoms with Crippen LogP contribution in [0.2, 0.25) is 0 Å². The molecule has 0 atom stereocenters. The molecular formula is C25H27N2O2S+. The number of aromatic nitrogens is 1. The number of pyridine rings is 1. The number of nitrogens with zero attached hydrogens (tertiary/aromatic N) is 1. The van der Waals surface area contributed by atoms with Gasteiger partial charge in [0.05, 0.1) is 5.56 Å². The molecule has 5 heteroatoms. The lowest BCUT2D eigenvalue weighted by atomic mass is 9.92. The van der Waals surface area contributed by atoms with Crippen molar-refractivity contribution >= 4 is 28.0 Å². The monoisotopic (exact) mass is 419 g/mol. The Labute approximate surface area is 181 Å². The summed E-state index contributed by atoms with van der Waals surface area (Å²) in [7, 11) is 0. The number of anilines is 1. The summed E-state index contributed by atoms with van der Waals surface area (Å²) in [5, 5.41) is 3.77. The molecule has 154 valence electrons. The summed E-state index contributed by atoms with van der Waals surface area (Å²) in [6.45, 7) is 4.34. The van der Waals surface area contributed by atoms with E-state index in [0.29, 0.717) is 16.1 Å². The number of nitrogens with one attached hydrogen (secondary N) is 1. The Morgan fingerprint density at radius 2 is 1.83 bits per heavy atom. The normalized spacial score (nSPS) is 13.0. The Morgan fingerprint density at radius 3 is 2.60 bits per heavy atom. The third-order valence-electron chi connectivity index (χ3n) is 5.72. The van der Waals surface area contributed by atoms with Gasteiger partial charge in [0.15, 0.2) is 17.7 Å². The summed E-state index contributed by atoms with van der Waals surface area (Å²) >= 11 is 1.57. The molecule has 4 rings (SSSR count). The van der Waals surface area contributed by atoms with Gasteiger partial charge < -0.3 is 5.32 Å². The summed E-state index contributed by atoms with van der Waals surface area (Å²) in [5.41, 5.74) is 4.72. The molecule has 2 aromatic heterocycles. The summed E-state index contributed by atoms with van der Waals surface area (Å²) in [4.78, 5) is 27.5. The van der Waals surface area contributed by atoms with Crippen molar-refractivity contribution < 1.29 is 14.2 Å². The first-order valence-corrected chi connectivity index (χ1v) is 11.4. The minimum Gasteiger partial charge on any atom is -0.312 e. The molecule has 0 radical (unpaired) electrons. The number of hydrogen-bond donors (Lipinski definition) is 1. The van der Waals surface area contributed by atoms with E-state index in [1.807, 2.05) is 54.1 Å². The molecule has 3 aromatic rings. The van der Waals surface area contributed by atoms with Gasteiger partial charge in [-0.2, -0.15) is 4.57 Å². The topological polar surface area (TPSA) is 50.0 Å². The van der Waals surface area contributed by atoms with Crippen LogP contribution in [0.5, 0.6) is 0 Å². The lowest BCUT2D eigenvalue weighted by Gasteiger charge is -2.12. The Balaban J connectivity index is 1.63. The minimum atomic E-state index is -0.0999. The molecule has 1 amide bonds. The molecule has 2 heterocycles. The summed E-state index contributed by atoms with van der Waals surface area (Å²) in [5.74, 6) is -0.0980. The number of benzene rings is 1. The minimum absolute atomic E-state index is 0.00196. The van der Waals surface area contributed by atoms with Gasteiger partial charge in [-0.25, -0.2) is 0 Å². The number of carbonyl (C=O) groups excluding carboxylic acids is 2. The van der Waals surface area contributed by atoms with Gasteiger partial charge in [0.25, 0.3) is 5.91 Å². The highest BCUT2D eigenvalue weighted by molar-refractivity contribution is 7.17. The zero-order valence-corrected chi connectivity index (χ0v) is 18.3. The van der Waals surface area contributed by atoms with Gasteiger partial charge in [0, 0.05) is 29.0 Å². The van der Waals surface area contributed by atoms with Crippen LogP contribution >= 0.6 is 11.3 Å². The van der Waals surface area contributed by atoms with Gasteiger partial charge in [0.2, 0.25) is 6.54 Å². The van der Waals surface area contributed by atoms with Crippen molar-refractivity contribution in [2.75, 3.05) is 5.32 Å². The van der Waals surface area contributed by atoms with Crippen molar-refractivity contribution in [3.05, 3.63) is 81.5 Å². The van der Waals surface area contributed by atoms with Gasteiger partial charge >= 0.3 is 0 Å². The number of amides is 1. The predicted octanol–water partition coefficient (Wildman–Crippen LogP) is 4.65. The van der Waals surface area contributed by atoms with Gasteiger partial charge in [-0.1, -0.05) is 37.3 Å². The number of ketones is 1. The first-order chi connectivity index (χ1) is 14.6. The third-order valence-corrected chi connectivity index (χ3v) is 6.93. The van der Waals surface area contributed by atoms with Crippen LogP contribution in [0, 0.1) is 6.92 Å². The highest BCUT2D eigenvalue weighted by Crippen LogP contribution is 2.39. The highest BCUT2D eigenvalue weighted by atomic mass is 32.1. The Bertz CT molecular complexity index is 1090. The molecular weight excluding hydrogens is 392 g/mol. The lowest BCUT2D eigenvalue weighted by Crippen LogP contribution is -2.43. The number of fused-ring (bicyclic) bond motifs is 1. The average molecular weight is 420 g/mol. The van der Waals surface area contributed by atoms with E-state index in [-0.39, 0.29) is 18.2 Å². The largest absolute Gasteiger partial charge is 0.312 e. The fourth-order valence-corrected chi connectivity index (χ4v) is 5.30. The Morgan fingerprint density at radius 1 is 1.07 bits per heavy atom. The number of hydrogen-bond acceptors (Lipinski definition) is 3. The molecule has 4 nitrogen and oxygen atoms in total. The van der Waals surface area contributed by atoms with Crippen molar-refractivity contribution in [1.29, 1.82) is 0 Å². The molecule has 0 saturated carbocycles. The quantitative estimate of drug-likeness (QED) is 0.467. The van der Waals surface area contributed by atoms with Gasteiger partial charge in [-0.05, 0) is 43.7 Å².